The van der Waals surface area contributed by atoms with Crippen molar-refractivity contribution in [3.8, 4) is 17.2 Å². The molecule has 7 rings (SSSR count). The Kier molecular flexibility index (Phi) is 6.31. The first-order valence-electron chi connectivity index (χ1n) is 14.5. The van der Waals surface area contributed by atoms with Crippen molar-refractivity contribution in [2.75, 3.05) is 24.6 Å². The molecule has 10 nitrogen and oxygen atoms in total. The van der Waals surface area contributed by atoms with Crippen LogP contribution in [0.3, 0.4) is 0 Å². The van der Waals surface area contributed by atoms with Gasteiger partial charge in [-0.1, -0.05) is 18.2 Å². The molecular formula is C33H30FN3O7. The molecule has 5 aromatic rings. The van der Waals surface area contributed by atoms with Gasteiger partial charge in [-0.25, -0.2) is 14.0 Å². The minimum atomic E-state index is -0.803. The zero-order valence-corrected chi connectivity index (χ0v) is 24.7. The Bertz CT molecular complexity index is 2070. The van der Waals surface area contributed by atoms with Crippen molar-refractivity contribution in [1.29, 1.82) is 0 Å². The van der Waals surface area contributed by atoms with Gasteiger partial charge in [0.2, 0.25) is 5.43 Å². The number of benzene rings is 3. The van der Waals surface area contributed by atoms with Crippen LogP contribution in [0.1, 0.15) is 44.5 Å². The average Bonchev–Trinajstić information content (AvgIpc) is 3.56. The van der Waals surface area contributed by atoms with E-state index in [4.69, 9.17) is 18.6 Å². The second kappa shape index (κ2) is 10.0. The number of hydrogen-bond donors (Lipinski definition) is 1. The maximum atomic E-state index is 16.1. The van der Waals surface area contributed by atoms with Crippen LogP contribution in [0.2, 0.25) is 0 Å². The van der Waals surface area contributed by atoms with Crippen molar-refractivity contribution in [2.24, 2.45) is 0 Å². The molecule has 0 aliphatic carbocycles. The molecule has 44 heavy (non-hydrogen) atoms. The Hall–Kier alpha value is -5.06. The lowest BCUT2D eigenvalue weighted by Crippen LogP contribution is -2.40. The Balaban J connectivity index is 1.40. The number of nitrogens with one attached hydrogen (secondary N) is 1. The van der Waals surface area contributed by atoms with Crippen LogP contribution in [-0.2, 0) is 9.47 Å². The highest BCUT2D eigenvalue weighted by atomic mass is 19.1. The summed E-state index contributed by atoms with van der Waals surface area (Å²) in [6, 6.07) is 12.0. The molecule has 1 atom stereocenters. The summed E-state index contributed by atoms with van der Waals surface area (Å²) in [5, 5.41) is 4.52. The second-order valence-electron chi connectivity index (χ2n) is 12.0. The summed E-state index contributed by atoms with van der Waals surface area (Å²) in [5.41, 5.74) is 0.712. The van der Waals surface area contributed by atoms with E-state index in [9.17, 15) is 14.4 Å². The van der Waals surface area contributed by atoms with Crippen molar-refractivity contribution < 1.29 is 32.6 Å². The number of anilines is 1. The third-order valence-corrected chi connectivity index (χ3v) is 7.82. The average molecular weight is 600 g/mol. The van der Waals surface area contributed by atoms with Gasteiger partial charge in [0, 0.05) is 36.1 Å². The van der Waals surface area contributed by atoms with Crippen molar-refractivity contribution >= 4 is 50.6 Å². The van der Waals surface area contributed by atoms with Crippen LogP contribution in [0.4, 0.5) is 14.9 Å². The zero-order valence-electron chi connectivity index (χ0n) is 24.7. The predicted octanol–water partition coefficient (Wildman–Crippen LogP) is 6.42. The lowest BCUT2D eigenvalue weighted by molar-refractivity contribution is 0.0503. The Morgan fingerprint density at radius 1 is 1.09 bits per heavy atom. The van der Waals surface area contributed by atoms with E-state index in [0.717, 1.165) is 16.8 Å². The highest BCUT2D eigenvalue weighted by molar-refractivity contribution is 6.07. The maximum absolute atomic E-state index is 16.1. The number of furan rings is 1. The quantitative estimate of drug-likeness (QED) is 0.231. The molecule has 226 valence electrons. The first-order chi connectivity index (χ1) is 21.0. The number of esters is 1. The molecule has 1 N–H and O–H groups in total. The lowest BCUT2D eigenvalue weighted by atomic mass is 10.0. The summed E-state index contributed by atoms with van der Waals surface area (Å²) >= 11 is 0. The van der Waals surface area contributed by atoms with Crippen molar-refractivity contribution in [3.63, 3.8) is 0 Å². The van der Waals surface area contributed by atoms with Gasteiger partial charge in [-0.15, -0.1) is 0 Å². The number of pyridine rings is 1. The molecule has 3 aromatic carbocycles. The summed E-state index contributed by atoms with van der Waals surface area (Å²) < 4.78 is 40.9. The van der Waals surface area contributed by atoms with E-state index in [1.807, 2.05) is 30.3 Å². The van der Waals surface area contributed by atoms with E-state index in [1.54, 1.807) is 43.2 Å². The third-order valence-electron chi connectivity index (χ3n) is 7.82. The molecule has 4 heterocycles. The molecule has 11 heteroatoms. The molecule has 0 radical (unpaired) electrons. The normalized spacial score (nSPS) is 15.8. The summed E-state index contributed by atoms with van der Waals surface area (Å²) in [7, 11) is 0. The SMILES string of the molecule is CCOC(=O)c1cn2c3c(c(N4CCC(NC(=O)OC(C)(C)C)C4)c(F)cc3c1=O)Oc1cc3c(cc1-2)oc1ccccc13. The van der Waals surface area contributed by atoms with Gasteiger partial charge >= 0.3 is 12.1 Å². The monoisotopic (exact) mass is 599 g/mol. The Morgan fingerprint density at radius 3 is 2.66 bits per heavy atom. The van der Waals surface area contributed by atoms with E-state index in [2.05, 4.69) is 5.32 Å². The van der Waals surface area contributed by atoms with E-state index in [0.29, 0.717) is 47.6 Å². The number of halogens is 1. The number of aromatic nitrogens is 1. The number of carbonyl (C=O) groups excluding carboxylic acids is 2. The van der Waals surface area contributed by atoms with Crippen LogP contribution in [0.25, 0.3) is 38.5 Å². The molecule has 1 unspecified atom stereocenters. The number of hydrogen-bond acceptors (Lipinski definition) is 8. The van der Waals surface area contributed by atoms with Crippen molar-refractivity contribution in [1.82, 2.24) is 9.88 Å². The fourth-order valence-corrected chi connectivity index (χ4v) is 6.03. The fraction of sp³-hybridized carbons (Fsp3) is 0.303. The van der Waals surface area contributed by atoms with Crippen LogP contribution in [0.15, 0.2) is 57.9 Å². The molecule has 1 amide bonds. The largest absolute Gasteiger partial charge is 0.462 e. The molecule has 2 aromatic heterocycles. The molecule has 0 saturated carbocycles. The van der Waals surface area contributed by atoms with Gasteiger partial charge in [0.05, 0.1) is 23.7 Å². The zero-order chi connectivity index (χ0) is 30.9. The number of nitrogens with zero attached hydrogens (tertiary/aromatic N) is 2. The molecule has 2 aliphatic rings. The second-order valence-corrected chi connectivity index (χ2v) is 12.0. The smallest absolute Gasteiger partial charge is 0.407 e. The molecular weight excluding hydrogens is 569 g/mol. The molecule has 0 spiro atoms. The number of amides is 1. The lowest BCUT2D eigenvalue weighted by Gasteiger charge is -2.29. The summed E-state index contributed by atoms with van der Waals surface area (Å²) in [6.45, 7) is 7.78. The standard InChI is InChI=1S/C33H30FN3O7/c1-5-41-31(39)21-16-37-23-14-25-19(18-8-6-7-9-24(18)42-25)13-26(23)43-30-27(37)20(29(21)38)12-22(34)28(30)36-11-10-17(15-36)35-32(40)44-33(2,3)4/h6-9,12-14,16-17H,5,10-11,15H2,1-4H3,(H,35,40). The van der Waals surface area contributed by atoms with Crippen LogP contribution in [-0.4, -0.2) is 48.0 Å². The third kappa shape index (κ3) is 4.50. The van der Waals surface area contributed by atoms with Gasteiger partial charge in [0.15, 0.2) is 17.3 Å². The van der Waals surface area contributed by atoms with E-state index in [-0.39, 0.29) is 35.0 Å². The maximum Gasteiger partial charge on any atom is 0.407 e. The highest BCUT2D eigenvalue weighted by Gasteiger charge is 2.35. The molecule has 2 aliphatic heterocycles. The summed E-state index contributed by atoms with van der Waals surface area (Å²) in [6.07, 6.45) is 1.41. The van der Waals surface area contributed by atoms with Crippen molar-refractivity contribution in [3.05, 3.63) is 70.3 Å². The van der Waals surface area contributed by atoms with Crippen LogP contribution in [0.5, 0.6) is 11.5 Å². The van der Waals surface area contributed by atoms with Crippen LogP contribution in [0, 0.1) is 5.82 Å². The highest BCUT2D eigenvalue weighted by Crippen LogP contribution is 2.49. The number of rotatable bonds is 4. The van der Waals surface area contributed by atoms with Gasteiger partial charge in [-0.2, -0.15) is 0 Å². The first-order valence-corrected chi connectivity index (χ1v) is 14.5. The Labute approximate surface area is 250 Å². The van der Waals surface area contributed by atoms with E-state index in [1.165, 1.54) is 6.20 Å². The number of alkyl carbamates (subject to hydrolysis) is 1. The predicted molar refractivity (Wildman–Crippen MR) is 163 cm³/mol. The van der Waals surface area contributed by atoms with Crippen LogP contribution < -0.4 is 20.4 Å². The molecule has 0 bridgehead atoms. The number of carbonyl (C=O) groups is 2. The topological polar surface area (TPSA) is 112 Å². The minimum Gasteiger partial charge on any atom is -0.462 e. The van der Waals surface area contributed by atoms with Gasteiger partial charge < -0.3 is 33.4 Å². The first kappa shape index (κ1) is 27.8. The minimum absolute atomic E-state index is 0.0233. The van der Waals surface area contributed by atoms with Gasteiger partial charge in [-0.05, 0) is 52.3 Å². The van der Waals surface area contributed by atoms with E-state index >= 15 is 4.39 Å². The number of ether oxygens (including phenoxy) is 3. The number of para-hydroxylation sites is 1. The summed E-state index contributed by atoms with van der Waals surface area (Å²) in [5.74, 6) is -0.952. The molecule has 1 saturated heterocycles. The van der Waals surface area contributed by atoms with E-state index < -0.39 is 28.9 Å². The van der Waals surface area contributed by atoms with Crippen LogP contribution >= 0.6 is 0 Å². The number of fused-ring (bicyclic) bond motifs is 5. The van der Waals surface area contributed by atoms with Crippen molar-refractivity contribution in [2.45, 2.75) is 45.8 Å². The molecule has 1 fully saturated rings. The van der Waals surface area contributed by atoms with Gasteiger partial charge in [0.25, 0.3) is 0 Å². The Morgan fingerprint density at radius 2 is 1.89 bits per heavy atom. The fourth-order valence-electron chi connectivity index (χ4n) is 6.03. The van der Waals surface area contributed by atoms with Gasteiger partial charge in [0.1, 0.15) is 33.5 Å². The summed E-state index contributed by atoms with van der Waals surface area (Å²) in [4.78, 5) is 40.7. The van der Waals surface area contributed by atoms with Gasteiger partial charge in [-0.3, -0.25) is 4.79 Å².